The highest BCUT2D eigenvalue weighted by atomic mass is 79.9. The number of nitrogens with zero attached hydrogens (tertiary/aromatic N) is 2. The van der Waals surface area contributed by atoms with Crippen LogP contribution in [0.2, 0.25) is 5.02 Å². The Balaban J connectivity index is 2.36. The van der Waals surface area contributed by atoms with Gasteiger partial charge in [-0.15, -0.1) is 0 Å². The van der Waals surface area contributed by atoms with E-state index in [9.17, 15) is 4.39 Å². The van der Waals surface area contributed by atoms with Crippen LogP contribution in [0.25, 0.3) is 0 Å². The van der Waals surface area contributed by atoms with E-state index < -0.39 is 5.82 Å². The molecule has 1 fully saturated rings. The molecular formula is C14H21BrClFN4. The lowest BCUT2D eigenvalue weighted by atomic mass is 9.98. The van der Waals surface area contributed by atoms with Crippen LogP contribution in [0.5, 0.6) is 0 Å². The number of hydrogen-bond donors (Lipinski definition) is 2. The van der Waals surface area contributed by atoms with Crippen LogP contribution in [0.4, 0.5) is 4.39 Å². The molecule has 21 heavy (non-hydrogen) atoms. The van der Waals surface area contributed by atoms with E-state index in [2.05, 4.69) is 38.2 Å². The maximum atomic E-state index is 14.5. The summed E-state index contributed by atoms with van der Waals surface area (Å²) in [6, 6.07) is 3.25. The maximum absolute atomic E-state index is 14.5. The summed E-state index contributed by atoms with van der Waals surface area (Å²) in [5.74, 6) is 5.31. The summed E-state index contributed by atoms with van der Waals surface area (Å²) in [5, 5.41) is 0.0948. The van der Waals surface area contributed by atoms with Crippen molar-refractivity contribution in [3.05, 3.63) is 33.0 Å². The molecule has 0 radical (unpaired) electrons. The molecule has 2 rings (SSSR count). The lowest BCUT2D eigenvalue weighted by molar-refractivity contribution is 0.176. The van der Waals surface area contributed by atoms with Gasteiger partial charge in [0.15, 0.2) is 0 Å². The zero-order valence-corrected chi connectivity index (χ0v) is 14.6. The van der Waals surface area contributed by atoms with Gasteiger partial charge < -0.3 is 9.80 Å². The first kappa shape index (κ1) is 17.1. The van der Waals surface area contributed by atoms with Gasteiger partial charge in [0.25, 0.3) is 0 Å². The molecule has 3 N–H and O–H groups in total. The molecule has 0 amide bonds. The average molecular weight is 380 g/mol. The highest BCUT2D eigenvalue weighted by Crippen LogP contribution is 2.32. The lowest BCUT2D eigenvalue weighted by Gasteiger charge is -2.34. The van der Waals surface area contributed by atoms with E-state index in [1.807, 2.05) is 7.05 Å². The summed E-state index contributed by atoms with van der Waals surface area (Å²) in [6.45, 7) is 2.80. The third kappa shape index (κ3) is 3.75. The molecule has 1 aliphatic rings. The minimum atomic E-state index is -0.422. The molecule has 1 aromatic carbocycles. The van der Waals surface area contributed by atoms with Crippen LogP contribution in [0.1, 0.15) is 18.0 Å². The first-order valence-electron chi connectivity index (χ1n) is 6.94. The second-order valence-electron chi connectivity index (χ2n) is 5.57. The summed E-state index contributed by atoms with van der Waals surface area (Å²) in [6.07, 6.45) is 1.09. The molecule has 0 saturated carbocycles. The number of hydrazine groups is 1. The van der Waals surface area contributed by atoms with Crippen LogP contribution >= 0.6 is 27.5 Å². The van der Waals surface area contributed by atoms with Gasteiger partial charge >= 0.3 is 0 Å². The smallest absolute Gasteiger partial charge is 0.147 e. The molecule has 0 aliphatic carbocycles. The minimum absolute atomic E-state index is 0.0780. The van der Waals surface area contributed by atoms with Crippen molar-refractivity contribution in [3.8, 4) is 0 Å². The second kappa shape index (κ2) is 7.35. The Morgan fingerprint density at radius 3 is 2.81 bits per heavy atom. The van der Waals surface area contributed by atoms with Crippen LogP contribution in [-0.2, 0) is 0 Å². The molecule has 0 bridgehead atoms. The molecule has 4 nitrogen and oxygen atoms in total. The van der Waals surface area contributed by atoms with Gasteiger partial charge in [-0.05, 0) is 55.6 Å². The van der Waals surface area contributed by atoms with E-state index in [0.29, 0.717) is 10.0 Å². The fourth-order valence-corrected chi connectivity index (χ4v) is 3.33. The molecule has 1 saturated heterocycles. The van der Waals surface area contributed by atoms with E-state index in [1.54, 1.807) is 12.1 Å². The van der Waals surface area contributed by atoms with Crippen molar-refractivity contribution in [3.63, 3.8) is 0 Å². The van der Waals surface area contributed by atoms with E-state index >= 15 is 0 Å². The van der Waals surface area contributed by atoms with Gasteiger partial charge in [-0.1, -0.05) is 17.7 Å². The number of likely N-dealkylation sites (N-methyl/N-ethyl adjacent to an activating group) is 2. The van der Waals surface area contributed by atoms with E-state index in [1.165, 1.54) is 0 Å². The fourth-order valence-electron chi connectivity index (χ4n) is 2.85. The molecular weight excluding hydrogens is 359 g/mol. The largest absolute Gasteiger partial charge is 0.305 e. The van der Waals surface area contributed by atoms with Crippen molar-refractivity contribution in [1.29, 1.82) is 0 Å². The third-order valence-corrected chi connectivity index (χ3v) is 5.34. The summed E-state index contributed by atoms with van der Waals surface area (Å²) in [7, 11) is 4.12. The number of rotatable bonds is 3. The monoisotopic (exact) mass is 378 g/mol. The number of halogens is 3. The molecule has 1 heterocycles. The summed E-state index contributed by atoms with van der Waals surface area (Å²) >= 11 is 9.24. The molecule has 1 aliphatic heterocycles. The van der Waals surface area contributed by atoms with Crippen LogP contribution in [0.3, 0.4) is 0 Å². The van der Waals surface area contributed by atoms with Crippen LogP contribution in [0, 0.1) is 5.82 Å². The number of benzene rings is 1. The molecule has 118 valence electrons. The van der Waals surface area contributed by atoms with E-state index in [0.717, 1.165) is 26.1 Å². The highest BCUT2D eigenvalue weighted by Gasteiger charge is 2.31. The van der Waals surface area contributed by atoms with Crippen LogP contribution in [0.15, 0.2) is 16.6 Å². The minimum Gasteiger partial charge on any atom is -0.305 e. The van der Waals surface area contributed by atoms with Gasteiger partial charge in [0.1, 0.15) is 5.82 Å². The zero-order valence-electron chi connectivity index (χ0n) is 12.2. The Labute approximate surface area is 138 Å². The molecule has 0 spiro atoms. The molecule has 2 atom stereocenters. The summed E-state index contributed by atoms with van der Waals surface area (Å²) < 4.78 is 15.0. The molecule has 2 unspecified atom stereocenters. The van der Waals surface area contributed by atoms with Gasteiger partial charge in [0, 0.05) is 22.6 Å². The quantitative estimate of drug-likeness (QED) is 0.481. The van der Waals surface area contributed by atoms with Crippen molar-refractivity contribution in [2.45, 2.75) is 18.5 Å². The van der Waals surface area contributed by atoms with Gasteiger partial charge in [-0.25, -0.2) is 4.39 Å². The SMILES string of the molecule is CN1CCCN(C)C(C(NN)c2ccc(Br)c(Cl)c2F)C1. The van der Waals surface area contributed by atoms with Gasteiger partial charge in [0.2, 0.25) is 0 Å². The average Bonchev–Trinajstić information content (AvgIpc) is 2.61. The molecule has 0 aromatic heterocycles. The lowest BCUT2D eigenvalue weighted by Crippen LogP contribution is -2.49. The van der Waals surface area contributed by atoms with Crippen molar-refractivity contribution >= 4 is 27.5 Å². The third-order valence-electron chi connectivity index (χ3n) is 4.08. The number of nitrogens with one attached hydrogen (secondary N) is 1. The normalized spacial score (nSPS) is 23.0. The Kier molecular flexibility index (Phi) is 5.99. The van der Waals surface area contributed by atoms with Crippen molar-refractivity contribution in [2.75, 3.05) is 33.7 Å². The summed E-state index contributed by atoms with van der Waals surface area (Å²) in [5.41, 5.74) is 3.27. The first-order valence-corrected chi connectivity index (χ1v) is 8.11. The van der Waals surface area contributed by atoms with Gasteiger partial charge in [-0.2, -0.15) is 0 Å². The predicted octanol–water partition coefficient (Wildman–Crippen LogP) is 2.38. The summed E-state index contributed by atoms with van der Waals surface area (Å²) in [4.78, 5) is 4.47. The zero-order chi connectivity index (χ0) is 15.6. The first-order chi connectivity index (χ1) is 9.95. The Morgan fingerprint density at radius 2 is 2.14 bits per heavy atom. The van der Waals surface area contributed by atoms with Crippen molar-refractivity contribution in [1.82, 2.24) is 15.2 Å². The van der Waals surface area contributed by atoms with Crippen molar-refractivity contribution in [2.24, 2.45) is 5.84 Å². The molecule has 1 aromatic rings. The van der Waals surface area contributed by atoms with E-state index in [4.69, 9.17) is 17.4 Å². The number of nitrogens with two attached hydrogens (primary N) is 1. The highest BCUT2D eigenvalue weighted by molar-refractivity contribution is 9.10. The van der Waals surface area contributed by atoms with Crippen LogP contribution in [-0.4, -0.2) is 49.6 Å². The topological polar surface area (TPSA) is 44.5 Å². The number of hydrogen-bond acceptors (Lipinski definition) is 4. The second-order valence-corrected chi connectivity index (χ2v) is 6.80. The Morgan fingerprint density at radius 1 is 1.43 bits per heavy atom. The fraction of sp³-hybridized carbons (Fsp3) is 0.571. The van der Waals surface area contributed by atoms with Gasteiger partial charge in [-0.3, -0.25) is 11.3 Å². The molecule has 7 heteroatoms. The van der Waals surface area contributed by atoms with Crippen molar-refractivity contribution < 1.29 is 4.39 Å². The van der Waals surface area contributed by atoms with E-state index in [-0.39, 0.29) is 17.1 Å². The Bertz CT molecular complexity index is 502. The van der Waals surface area contributed by atoms with Gasteiger partial charge in [0.05, 0.1) is 11.1 Å². The standard InChI is InChI=1S/C14H21BrClFN4/c1-20-6-3-7-21(2)11(8-20)14(19-18)9-4-5-10(15)12(16)13(9)17/h4-5,11,14,19H,3,6-8,18H2,1-2H3. The predicted molar refractivity (Wildman–Crippen MR) is 87.7 cm³/mol. The van der Waals surface area contributed by atoms with Crippen LogP contribution < -0.4 is 11.3 Å². The maximum Gasteiger partial charge on any atom is 0.147 e. The Hall–Kier alpha value is -0.240.